The lowest BCUT2D eigenvalue weighted by molar-refractivity contribution is -0.139. The van der Waals surface area contributed by atoms with Crippen LogP contribution in [0.4, 0.5) is 0 Å². The fourth-order valence-electron chi connectivity index (χ4n) is 3.03. The van der Waals surface area contributed by atoms with E-state index >= 15 is 0 Å². The van der Waals surface area contributed by atoms with Crippen molar-refractivity contribution in [1.29, 1.82) is 0 Å². The number of amides is 1. The number of hydrogen-bond donors (Lipinski definition) is 0. The summed E-state index contributed by atoms with van der Waals surface area (Å²) < 4.78 is 0. The van der Waals surface area contributed by atoms with Crippen molar-refractivity contribution in [2.45, 2.75) is 44.9 Å². The van der Waals surface area contributed by atoms with Crippen molar-refractivity contribution in [1.82, 2.24) is 14.9 Å². The molecule has 0 unspecified atom stereocenters. The molecule has 102 valence electrons. The second-order valence-corrected chi connectivity index (χ2v) is 5.78. The maximum Gasteiger partial charge on any atom is 0.225 e. The van der Waals surface area contributed by atoms with Crippen LogP contribution in [0.2, 0.25) is 0 Å². The predicted molar refractivity (Wildman–Crippen MR) is 72.7 cm³/mol. The van der Waals surface area contributed by atoms with Crippen molar-refractivity contribution in [2.75, 3.05) is 13.1 Å². The summed E-state index contributed by atoms with van der Waals surface area (Å²) >= 11 is 0. The van der Waals surface area contributed by atoms with Crippen molar-refractivity contribution in [3.8, 4) is 0 Å². The second kappa shape index (κ2) is 5.27. The van der Waals surface area contributed by atoms with E-state index in [1.54, 1.807) is 0 Å². The Morgan fingerprint density at radius 3 is 2.84 bits per heavy atom. The molecule has 0 bridgehead atoms. The Morgan fingerprint density at radius 2 is 2.16 bits per heavy atom. The molecule has 2 heterocycles. The summed E-state index contributed by atoms with van der Waals surface area (Å²) in [5.41, 5.74) is 1.10. The van der Waals surface area contributed by atoms with E-state index in [1.165, 1.54) is 6.42 Å². The van der Waals surface area contributed by atoms with Gasteiger partial charge in [0, 0.05) is 36.8 Å². The highest BCUT2D eigenvalue weighted by atomic mass is 16.2. The fraction of sp³-hybridized carbons (Fsp3) is 0.667. The quantitative estimate of drug-likeness (QED) is 0.818. The number of nitrogens with zero attached hydrogens (tertiary/aromatic N) is 3. The van der Waals surface area contributed by atoms with Crippen LogP contribution in [0.1, 0.15) is 49.5 Å². The first-order chi connectivity index (χ1) is 9.24. The van der Waals surface area contributed by atoms with E-state index in [2.05, 4.69) is 14.9 Å². The van der Waals surface area contributed by atoms with Gasteiger partial charge in [0.1, 0.15) is 5.82 Å². The van der Waals surface area contributed by atoms with Crippen LogP contribution in [0.3, 0.4) is 0 Å². The first-order valence-corrected chi connectivity index (χ1v) is 7.32. The molecule has 0 N–H and O–H groups in total. The largest absolute Gasteiger partial charge is 0.342 e. The van der Waals surface area contributed by atoms with Gasteiger partial charge in [-0.05, 0) is 38.7 Å². The van der Waals surface area contributed by atoms with Gasteiger partial charge in [0.15, 0.2) is 0 Å². The highest BCUT2D eigenvalue weighted by Crippen LogP contribution is 2.32. The molecule has 19 heavy (non-hydrogen) atoms. The summed E-state index contributed by atoms with van der Waals surface area (Å²) in [6.45, 7) is 3.69. The van der Waals surface area contributed by atoms with Crippen molar-refractivity contribution in [3.05, 3.63) is 23.8 Å². The first kappa shape index (κ1) is 12.6. The summed E-state index contributed by atoms with van der Waals surface area (Å²) in [4.78, 5) is 23.1. The van der Waals surface area contributed by atoms with E-state index in [-0.39, 0.29) is 0 Å². The van der Waals surface area contributed by atoms with Crippen LogP contribution in [0.15, 0.2) is 12.3 Å². The van der Waals surface area contributed by atoms with Gasteiger partial charge in [0.05, 0.1) is 0 Å². The predicted octanol–water partition coefficient (Wildman–Crippen LogP) is 2.29. The van der Waals surface area contributed by atoms with Gasteiger partial charge in [-0.1, -0.05) is 6.42 Å². The maximum absolute atomic E-state index is 12.3. The van der Waals surface area contributed by atoms with E-state index in [0.717, 1.165) is 50.3 Å². The van der Waals surface area contributed by atoms with Gasteiger partial charge in [-0.2, -0.15) is 0 Å². The highest BCUT2D eigenvalue weighted by molar-refractivity contribution is 5.79. The zero-order valence-corrected chi connectivity index (χ0v) is 11.5. The SMILES string of the molecule is Cc1nccc([C@H]2CCCN(C(=O)C3CCC3)C2)n1. The number of hydrogen-bond acceptors (Lipinski definition) is 3. The molecular formula is C15H21N3O. The molecule has 4 nitrogen and oxygen atoms in total. The average molecular weight is 259 g/mol. The summed E-state index contributed by atoms with van der Waals surface area (Å²) in [5.74, 6) is 1.90. The second-order valence-electron chi connectivity index (χ2n) is 5.78. The van der Waals surface area contributed by atoms with Crippen LogP contribution in [-0.2, 0) is 4.79 Å². The minimum absolute atomic E-state index is 0.311. The molecule has 1 aromatic heterocycles. The van der Waals surface area contributed by atoms with Crippen molar-refractivity contribution in [2.24, 2.45) is 5.92 Å². The summed E-state index contributed by atoms with van der Waals surface area (Å²) in [5, 5.41) is 0. The minimum atomic E-state index is 0.311. The van der Waals surface area contributed by atoms with E-state index in [0.29, 0.717) is 17.7 Å². The number of carbonyl (C=O) groups excluding carboxylic acids is 1. The molecule has 1 amide bonds. The fourth-order valence-corrected chi connectivity index (χ4v) is 3.03. The number of aromatic nitrogens is 2. The molecular weight excluding hydrogens is 238 g/mol. The van der Waals surface area contributed by atoms with Crippen LogP contribution in [0.25, 0.3) is 0 Å². The molecule has 4 heteroatoms. The molecule has 2 fully saturated rings. The molecule has 0 radical (unpaired) electrons. The Labute approximate surface area is 114 Å². The third-order valence-electron chi connectivity index (χ3n) is 4.40. The van der Waals surface area contributed by atoms with E-state index < -0.39 is 0 Å². The van der Waals surface area contributed by atoms with Gasteiger partial charge in [0.25, 0.3) is 0 Å². The Hall–Kier alpha value is -1.45. The molecule has 0 spiro atoms. The van der Waals surface area contributed by atoms with Crippen molar-refractivity contribution in [3.63, 3.8) is 0 Å². The molecule has 3 rings (SSSR count). The number of carbonyl (C=O) groups is 1. The van der Waals surface area contributed by atoms with Crippen LogP contribution >= 0.6 is 0 Å². The Bertz CT molecular complexity index is 470. The summed E-state index contributed by atoms with van der Waals surface area (Å²) in [7, 11) is 0. The van der Waals surface area contributed by atoms with Gasteiger partial charge in [-0.15, -0.1) is 0 Å². The van der Waals surface area contributed by atoms with Crippen LogP contribution < -0.4 is 0 Å². The smallest absolute Gasteiger partial charge is 0.225 e. The van der Waals surface area contributed by atoms with Crippen molar-refractivity contribution >= 4 is 5.91 Å². The van der Waals surface area contributed by atoms with Crippen LogP contribution in [-0.4, -0.2) is 33.9 Å². The number of rotatable bonds is 2. The number of piperidine rings is 1. The van der Waals surface area contributed by atoms with Gasteiger partial charge in [-0.25, -0.2) is 9.97 Å². The molecule has 1 atom stereocenters. The van der Waals surface area contributed by atoms with Crippen LogP contribution in [0, 0.1) is 12.8 Å². The molecule has 1 aromatic rings. The van der Waals surface area contributed by atoms with Gasteiger partial charge >= 0.3 is 0 Å². The minimum Gasteiger partial charge on any atom is -0.342 e. The van der Waals surface area contributed by atoms with E-state index in [9.17, 15) is 4.79 Å². The average Bonchev–Trinajstić information content (AvgIpc) is 2.37. The molecule has 1 aliphatic carbocycles. The third-order valence-corrected chi connectivity index (χ3v) is 4.40. The third kappa shape index (κ3) is 2.62. The molecule has 2 aliphatic rings. The molecule has 1 saturated heterocycles. The topological polar surface area (TPSA) is 46.1 Å². The van der Waals surface area contributed by atoms with Crippen molar-refractivity contribution < 1.29 is 4.79 Å². The Balaban J connectivity index is 1.69. The molecule has 1 saturated carbocycles. The van der Waals surface area contributed by atoms with Gasteiger partial charge < -0.3 is 4.90 Å². The normalized spacial score (nSPS) is 24.1. The van der Waals surface area contributed by atoms with Crippen LogP contribution in [0.5, 0.6) is 0 Å². The zero-order valence-electron chi connectivity index (χ0n) is 11.5. The molecule has 1 aliphatic heterocycles. The zero-order chi connectivity index (χ0) is 13.2. The van der Waals surface area contributed by atoms with Gasteiger partial charge in [-0.3, -0.25) is 4.79 Å². The lowest BCUT2D eigenvalue weighted by atomic mass is 9.83. The summed E-state index contributed by atoms with van der Waals surface area (Å²) in [6.07, 6.45) is 7.44. The van der Waals surface area contributed by atoms with Gasteiger partial charge in [0.2, 0.25) is 5.91 Å². The Kier molecular flexibility index (Phi) is 3.49. The Morgan fingerprint density at radius 1 is 1.32 bits per heavy atom. The maximum atomic E-state index is 12.3. The van der Waals surface area contributed by atoms with E-state index in [1.807, 2.05) is 19.2 Å². The number of likely N-dealkylation sites (tertiary alicyclic amines) is 1. The molecule has 0 aromatic carbocycles. The highest BCUT2D eigenvalue weighted by Gasteiger charge is 2.32. The van der Waals surface area contributed by atoms with E-state index in [4.69, 9.17) is 0 Å². The lowest BCUT2D eigenvalue weighted by Gasteiger charge is -2.37. The lowest BCUT2D eigenvalue weighted by Crippen LogP contribution is -2.44. The summed E-state index contributed by atoms with van der Waals surface area (Å²) in [6, 6.07) is 2.00. The monoisotopic (exact) mass is 259 g/mol. The first-order valence-electron chi connectivity index (χ1n) is 7.32. The standard InChI is InChI=1S/C15H21N3O/c1-11-16-8-7-14(17-11)13-6-3-9-18(10-13)15(19)12-4-2-5-12/h7-8,12-13H,2-6,9-10H2,1H3/t13-/m0/s1. The number of aryl methyl sites for hydroxylation is 1.